The van der Waals surface area contributed by atoms with Crippen molar-refractivity contribution in [2.45, 2.75) is 212 Å². The monoisotopic (exact) mass is 869 g/mol. The molecule has 0 aliphatic heterocycles. The lowest BCUT2D eigenvalue weighted by Gasteiger charge is -2.31. The molecule has 8 nitrogen and oxygen atoms in total. The molecular formula is C54H94NO7+. The van der Waals surface area contributed by atoms with Crippen molar-refractivity contribution in [3.63, 3.8) is 0 Å². The van der Waals surface area contributed by atoms with Crippen LogP contribution in [0.15, 0.2) is 72.9 Å². The van der Waals surface area contributed by atoms with Gasteiger partial charge in [0.1, 0.15) is 6.61 Å². The van der Waals surface area contributed by atoms with Crippen LogP contribution in [0.4, 0.5) is 0 Å². The zero-order chi connectivity index (χ0) is 45.6. The Bertz CT molecular complexity index is 1240. The number of carboxylic acids is 1. The summed E-state index contributed by atoms with van der Waals surface area (Å²) in [5, 5.41) is 9.64. The van der Waals surface area contributed by atoms with E-state index in [1.54, 1.807) is 0 Å². The minimum atomic E-state index is -0.882. The van der Waals surface area contributed by atoms with Gasteiger partial charge in [-0.3, -0.25) is 9.59 Å². The van der Waals surface area contributed by atoms with Gasteiger partial charge in [0.15, 0.2) is 12.1 Å². The third-order valence-corrected chi connectivity index (χ3v) is 10.9. The first-order chi connectivity index (χ1) is 30.1. The van der Waals surface area contributed by atoms with Gasteiger partial charge >= 0.3 is 17.9 Å². The number of allylic oxidation sites excluding steroid dienone is 12. The molecule has 8 heteroatoms. The molecule has 0 radical (unpaired) electrons. The Morgan fingerprint density at radius 2 is 0.968 bits per heavy atom. The second-order valence-corrected chi connectivity index (χ2v) is 17.8. The molecule has 2 unspecified atom stereocenters. The molecule has 356 valence electrons. The van der Waals surface area contributed by atoms with Crippen LogP contribution >= 0.6 is 0 Å². The lowest BCUT2D eigenvalue weighted by Crippen LogP contribution is -2.50. The van der Waals surface area contributed by atoms with Gasteiger partial charge in [-0.1, -0.05) is 189 Å². The van der Waals surface area contributed by atoms with E-state index in [-0.39, 0.29) is 36.2 Å². The molecule has 0 saturated heterocycles. The summed E-state index contributed by atoms with van der Waals surface area (Å²) in [6.45, 7) is 4.57. The average molecular weight is 869 g/mol. The summed E-state index contributed by atoms with van der Waals surface area (Å²) in [6, 6.07) is -0.624. The van der Waals surface area contributed by atoms with Crippen molar-refractivity contribution in [3.8, 4) is 0 Å². The van der Waals surface area contributed by atoms with Gasteiger partial charge in [-0.15, -0.1) is 0 Å². The topological polar surface area (TPSA) is 99.1 Å². The van der Waals surface area contributed by atoms with Gasteiger partial charge in [-0.2, -0.15) is 0 Å². The molecule has 0 aliphatic rings. The van der Waals surface area contributed by atoms with Crippen LogP contribution in [0.1, 0.15) is 200 Å². The normalized spacial score (nSPS) is 13.5. The van der Waals surface area contributed by atoms with Crippen LogP contribution in [0.2, 0.25) is 0 Å². The molecule has 2 atom stereocenters. The highest BCUT2D eigenvalue weighted by Crippen LogP contribution is 2.14. The van der Waals surface area contributed by atoms with Crippen LogP contribution < -0.4 is 0 Å². The quantitative estimate of drug-likeness (QED) is 0.0214. The van der Waals surface area contributed by atoms with Crippen LogP contribution in [0.3, 0.4) is 0 Å². The Hall–Kier alpha value is -3.23. The molecule has 0 heterocycles. The van der Waals surface area contributed by atoms with E-state index in [4.69, 9.17) is 14.2 Å². The van der Waals surface area contributed by atoms with E-state index in [9.17, 15) is 19.5 Å². The van der Waals surface area contributed by atoms with Gasteiger partial charge in [0.2, 0.25) is 0 Å². The minimum absolute atomic E-state index is 0.0467. The summed E-state index contributed by atoms with van der Waals surface area (Å²) in [6.07, 6.45) is 56.7. The zero-order valence-electron chi connectivity index (χ0n) is 40.6. The summed E-state index contributed by atoms with van der Waals surface area (Å²) in [7, 11) is 5.52. The second-order valence-electron chi connectivity index (χ2n) is 17.8. The number of carbonyl (C=O) groups is 3. The van der Waals surface area contributed by atoms with Crippen LogP contribution in [-0.4, -0.2) is 80.6 Å². The lowest BCUT2D eigenvalue weighted by molar-refractivity contribution is -0.887. The molecule has 0 aromatic carbocycles. The molecule has 0 rings (SSSR count). The molecule has 1 N–H and O–H groups in total. The number of ether oxygens (including phenoxy) is 3. The number of likely N-dealkylation sites (N-methyl/N-ethyl adjacent to an activating group) is 1. The summed E-state index contributed by atoms with van der Waals surface area (Å²) < 4.78 is 17.3. The van der Waals surface area contributed by atoms with Gasteiger partial charge in [0.05, 0.1) is 34.4 Å². The Morgan fingerprint density at radius 1 is 0.516 bits per heavy atom. The molecule has 0 aliphatic carbocycles. The first-order valence-electron chi connectivity index (χ1n) is 25.0. The van der Waals surface area contributed by atoms with Gasteiger partial charge in [0.25, 0.3) is 0 Å². The van der Waals surface area contributed by atoms with Crippen molar-refractivity contribution >= 4 is 17.9 Å². The summed E-state index contributed by atoms with van der Waals surface area (Å²) >= 11 is 0. The number of hydrogen-bond acceptors (Lipinski definition) is 6. The van der Waals surface area contributed by atoms with E-state index in [1.807, 2.05) is 45.4 Å². The SMILES string of the molecule is CC/C=C/C=C/C=C/C=C/CCCCCCCC(=O)OCC(COCCC(C(=O)O)[N+](C)(C)C)OC(=O)CCCCCCCCC/C=C/C/C=C/CCCCCCCCCCC. The number of carbonyl (C=O) groups excluding carboxylic acids is 2. The number of rotatable bonds is 44. The number of hydrogen-bond donors (Lipinski definition) is 1. The van der Waals surface area contributed by atoms with Gasteiger partial charge < -0.3 is 23.8 Å². The van der Waals surface area contributed by atoms with Crippen molar-refractivity contribution in [2.24, 2.45) is 0 Å². The molecule has 0 saturated carbocycles. The summed E-state index contributed by atoms with van der Waals surface area (Å²) in [4.78, 5) is 37.1. The van der Waals surface area contributed by atoms with Crippen LogP contribution in [-0.2, 0) is 28.6 Å². The van der Waals surface area contributed by atoms with E-state index in [0.29, 0.717) is 19.3 Å². The predicted molar refractivity (Wildman–Crippen MR) is 261 cm³/mol. The van der Waals surface area contributed by atoms with Gasteiger partial charge in [0, 0.05) is 19.3 Å². The maximum Gasteiger partial charge on any atom is 0.362 e. The van der Waals surface area contributed by atoms with Crippen LogP contribution in [0, 0.1) is 0 Å². The van der Waals surface area contributed by atoms with Crippen LogP contribution in [0.5, 0.6) is 0 Å². The highest BCUT2D eigenvalue weighted by molar-refractivity contribution is 5.72. The standard InChI is InChI=1S/C54H93NO7/c1-6-8-10-12-14-16-18-20-22-23-24-25-26-27-28-29-31-33-35-37-39-41-43-45-53(57)62-50(48-60-47-46-51(54(58)59)55(3,4)5)49-61-52(56)44-42-40-38-36-34-32-30-21-19-17-15-13-11-9-7-2/h9,11,13,15,17,19,21,24-25,27-28,30,50-51H,6-8,10,12,14,16,18,20,22-23,26,29,31-49H2,1-5H3/p+1/b11-9+,15-13+,19-17+,25-24+,28-27+,30-21+. The molecular weight excluding hydrogens is 775 g/mol. The molecule has 0 bridgehead atoms. The number of nitrogens with zero attached hydrogens (tertiary/aromatic N) is 1. The maximum atomic E-state index is 12.8. The highest BCUT2D eigenvalue weighted by atomic mass is 16.6. The van der Waals surface area contributed by atoms with Crippen molar-refractivity contribution in [3.05, 3.63) is 72.9 Å². The van der Waals surface area contributed by atoms with Crippen LogP contribution in [0.25, 0.3) is 0 Å². The van der Waals surface area contributed by atoms with Crippen molar-refractivity contribution in [1.82, 2.24) is 0 Å². The smallest absolute Gasteiger partial charge is 0.362 e. The first kappa shape index (κ1) is 58.8. The largest absolute Gasteiger partial charge is 0.477 e. The first-order valence-corrected chi connectivity index (χ1v) is 25.0. The summed E-state index contributed by atoms with van der Waals surface area (Å²) in [5.41, 5.74) is 0. The zero-order valence-corrected chi connectivity index (χ0v) is 40.6. The molecule has 0 fully saturated rings. The average Bonchev–Trinajstić information content (AvgIpc) is 3.23. The molecule has 62 heavy (non-hydrogen) atoms. The fourth-order valence-electron chi connectivity index (χ4n) is 7.07. The lowest BCUT2D eigenvalue weighted by atomic mass is 10.1. The van der Waals surface area contributed by atoms with E-state index < -0.39 is 18.1 Å². The number of quaternary nitrogens is 1. The van der Waals surface area contributed by atoms with Gasteiger partial charge in [-0.05, 0) is 64.2 Å². The minimum Gasteiger partial charge on any atom is -0.477 e. The Balaban J connectivity index is 4.29. The number of unbranched alkanes of at least 4 members (excludes halogenated alkanes) is 21. The highest BCUT2D eigenvalue weighted by Gasteiger charge is 2.31. The van der Waals surface area contributed by atoms with E-state index in [0.717, 1.165) is 77.0 Å². The second kappa shape index (κ2) is 44.4. The maximum absolute atomic E-state index is 12.8. The number of carboxylic acid groups (broad SMARTS) is 1. The third kappa shape index (κ3) is 42.1. The van der Waals surface area contributed by atoms with Gasteiger partial charge in [-0.25, -0.2) is 4.79 Å². The Kier molecular flexibility index (Phi) is 42.1. The van der Waals surface area contributed by atoms with E-state index >= 15 is 0 Å². The fourth-order valence-corrected chi connectivity index (χ4v) is 7.07. The van der Waals surface area contributed by atoms with E-state index in [2.05, 4.69) is 62.5 Å². The number of esters is 2. The predicted octanol–water partition coefficient (Wildman–Crippen LogP) is 14.3. The van der Waals surface area contributed by atoms with Crippen molar-refractivity contribution in [1.29, 1.82) is 0 Å². The Morgan fingerprint density at radius 3 is 1.47 bits per heavy atom. The molecule has 0 amide bonds. The third-order valence-electron chi connectivity index (χ3n) is 10.9. The summed E-state index contributed by atoms with van der Waals surface area (Å²) in [5.74, 6) is -1.51. The van der Waals surface area contributed by atoms with Crippen molar-refractivity contribution < 1.29 is 38.2 Å². The van der Waals surface area contributed by atoms with Crippen molar-refractivity contribution in [2.75, 3.05) is 41.0 Å². The fraction of sp³-hybridized carbons (Fsp3) is 0.722. The Labute approximate surface area is 381 Å². The number of aliphatic carboxylic acids is 1. The molecule has 0 aromatic rings. The van der Waals surface area contributed by atoms with E-state index in [1.165, 1.54) is 89.9 Å². The molecule has 0 aromatic heterocycles. The molecule has 0 spiro atoms.